The number of phenolic OH excluding ortho intramolecular Hbond substituents is 1. The van der Waals surface area contributed by atoms with E-state index in [0.717, 1.165) is 0 Å². The highest BCUT2D eigenvalue weighted by molar-refractivity contribution is 5.99. The Kier molecular flexibility index (Phi) is 6.55. The predicted molar refractivity (Wildman–Crippen MR) is 93.7 cm³/mol. The standard InChI is InChI=1S/C18H19N3O5/c1-2-26-13-9-7-12(8-10-13)17(24)19-11-16(23)20-21-18(25)14-5-3-4-6-15(14)22/h3-10,22H,2,11H2,1H3,(H,19,24)(H,20,23)(H,21,25). The van der Waals surface area contributed by atoms with Crippen molar-refractivity contribution in [2.45, 2.75) is 6.92 Å². The molecule has 0 bridgehead atoms. The van der Waals surface area contributed by atoms with Gasteiger partial charge in [0.25, 0.3) is 17.7 Å². The van der Waals surface area contributed by atoms with E-state index in [2.05, 4.69) is 16.2 Å². The summed E-state index contributed by atoms with van der Waals surface area (Å²) < 4.78 is 5.28. The lowest BCUT2D eigenvalue weighted by molar-refractivity contribution is -0.120. The number of aromatic hydroxyl groups is 1. The van der Waals surface area contributed by atoms with Crippen molar-refractivity contribution in [1.29, 1.82) is 0 Å². The molecule has 136 valence electrons. The van der Waals surface area contributed by atoms with E-state index in [1.165, 1.54) is 12.1 Å². The van der Waals surface area contributed by atoms with Crippen LogP contribution in [-0.2, 0) is 4.79 Å². The quantitative estimate of drug-likeness (QED) is 0.575. The number of hydrogen-bond acceptors (Lipinski definition) is 5. The average molecular weight is 357 g/mol. The first kappa shape index (κ1) is 18.8. The van der Waals surface area contributed by atoms with Gasteiger partial charge >= 0.3 is 0 Å². The van der Waals surface area contributed by atoms with Gasteiger partial charge in [0, 0.05) is 5.56 Å². The van der Waals surface area contributed by atoms with E-state index in [9.17, 15) is 19.5 Å². The smallest absolute Gasteiger partial charge is 0.273 e. The minimum absolute atomic E-state index is 0.0197. The molecule has 3 amide bonds. The Bertz CT molecular complexity index is 790. The third-order valence-corrected chi connectivity index (χ3v) is 3.30. The fraction of sp³-hybridized carbons (Fsp3) is 0.167. The molecular formula is C18H19N3O5. The Morgan fingerprint density at radius 1 is 0.962 bits per heavy atom. The minimum atomic E-state index is -0.672. The van der Waals surface area contributed by atoms with Crippen molar-refractivity contribution in [3.8, 4) is 11.5 Å². The van der Waals surface area contributed by atoms with Gasteiger partial charge in [-0.25, -0.2) is 0 Å². The number of carbonyl (C=O) groups is 3. The molecule has 0 saturated heterocycles. The summed E-state index contributed by atoms with van der Waals surface area (Å²) in [5.41, 5.74) is 4.71. The molecule has 0 spiro atoms. The van der Waals surface area contributed by atoms with Crippen LogP contribution in [0.15, 0.2) is 48.5 Å². The number of para-hydroxylation sites is 1. The molecule has 0 unspecified atom stereocenters. The van der Waals surface area contributed by atoms with Crippen LogP contribution < -0.4 is 20.9 Å². The molecule has 0 radical (unpaired) electrons. The summed E-state index contributed by atoms with van der Waals surface area (Å²) in [5, 5.41) is 12.0. The van der Waals surface area contributed by atoms with Crippen LogP contribution in [0.3, 0.4) is 0 Å². The Hall–Kier alpha value is -3.55. The highest BCUT2D eigenvalue weighted by Crippen LogP contribution is 2.14. The van der Waals surface area contributed by atoms with Gasteiger partial charge in [0.1, 0.15) is 11.5 Å². The molecule has 2 rings (SSSR count). The number of carbonyl (C=O) groups excluding carboxylic acids is 3. The molecular weight excluding hydrogens is 338 g/mol. The van der Waals surface area contributed by atoms with Crippen LogP contribution in [-0.4, -0.2) is 36.0 Å². The lowest BCUT2D eigenvalue weighted by atomic mass is 10.2. The van der Waals surface area contributed by atoms with Crippen molar-refractivity contribution in [1.82, 2.24) is 16.2 Å². The van der Waals surface area contributed by atoms with E-state index in [4.69, 9.17) is 4.74 Å². The van der Waals surface area contributed by atoms with Gasteiger partial charge in [-0.2, -0.15) is 0 Å². The molecule has 0 aliphatic rings. The van der Waals surface area contributed by atoms with Gasteiger partial charge in [-0.1, -0.05) is 12.1 Å². The largest absolute Gasteiger partial charge is 0.507 e. The first-order chi connectivity index (χ1) is 12.5. The van der Waals surface area contributed by atoms with Gasteiger partial charge in [-0.05, 0) is 43.3 Å². The molecule has 4 N–H and O–H groups in total. The summed E-state index contributed by atoms with van der Waals surface area (Å²) in [6, 6.07) is 12.4. The lowest BCUT2D eigenvalue weighted by Gasteiger charge is -2.09. The Labute approximate surface area is 150 Å². The second kappa shape index (κ2) is 9.07. The maximum absolute atomic E-state index is 12.0. The topological polar surface area (TPSA) is 117 Å². The average Bonchev–Trinajstić information content (AvgIpc) is 2.65. The van der Waals surface area contributed by atoms with Crippen molar-refractivity contribution in [3.63, 3.8) is 0 Å². The van der Waals surface area contributed by atoms with E-state index in [1.807, 2.05) is 6.92 Å². The van der Waals surface area contributed by atoms with Crippen LogP contribution in [0.1, 0.15) is 27.6 Å². The second-order valence-electron chi connectivity index (χ2n) is 5.16. The summed E-state index contributed by atoms with van der Waals surface area (Å²) in [5.74, 6) is -1.28. The number of benzene rings is 2. The molecule has 0 aliphatic heterocycles. The van der Waals surface area contributed by atoms with Crippen LogP contribution in [0.4, 0.5) is 0 Å². The van der Waals surface area contributed by atoms with Crippen LogP contribution in [0.25, 0.3) is 0 Å². The zero-order valence-corrected chi connectivity index (χ0v) is 14.1. The van der Waals surface area contributed by atoms with E-state index < -0.39 is 17.7 Å². The number of phenols is 1. The Morgan fingerprint density at radius 2 is 1.65 bits per heavy atom. The first-order valence-corrected chi connectivity index (χ1v) is 7.89. The van der Waals surface area contributed by atoms with Crippen LogP contribution in [0, 0.1) is 0 Å². The van der Waals surface area contributed by atoms with Crippen molar-refractivity contribution in [2.75, 3.05) is 13.2 Å². The molecule has 0 aromatic heterocycles. The summed E-state index contributed by atoms with van der Waals surface area (Å²) in [6.45, 7) is 2.06. The zero-order valence-electron chi connectivity index (χ0n) is 14.1. The normalized spacial score (nSPS) is 9.88. The summed E-state index contributed by atoms with van der Waals surface area (Å²) in [7, 11) is 0. The van der Waals surface area contributed by atoms with Gasteiger partial charge in [-0.15, -0.1) is 0 Å². The minimum Gasteiger partial charge on any atom is -0.507 e. The molecule has 0 heterocycles. The van der Waals surface area contributed by atoms with Gasteiger partial charge in [0.15, 0.2) is 0 Å². The van der Waals surface area contributed by atoms with Gasteiger partial charge < -0.3 is 15.2 Å². The molecule has 8 heteroatoms. The number of amides is 3. The molecule has 0 fully saturated rings. The number of nitrogens with one attached hydrogen (secondary N) is 3. The molecule has 2 aromatic rings. The monoisotopic (exact) mass is 357 g/mol. The number of hydrogen-bond donors (Lipinski definition) is 4. The molecule has 26 heavy (non-hydrogen) atoms. The van der Waals surface area contributed by atoms with E-state index in [-0.39, 0.29) is 17.9 Å². The fourth-order valence-corrected chi connectivity index (χ4v) is 2.04. The lowest BCUT2D eigenvalue weighted by Crippen LogP contribution is -2.46. The first-order valence-electron chi connectivity index (χ1n) is 7.89. The number of rotatable bonds is 6. The van der Waals surface area contributed by atoms with Crippen LogP contribution in [0.5, 0.6) is 11.5 Å². The van der Waals surface area contributed by atoms with Gasteiger partial charge in [-0.3, -0.25) is 25.2 Å². The maximum atomic E-state index is 12.0. The van der Waals surface area contributed by atoms with E-state index in [0.29, 0.717) is 17.9 Å². The predicted octanol–water partition coefficient (Wildman–Crippen LogP) is 0.982. The highest BCUT2D eigenvalue weighted by atomic mass is 16.5. The van der Waals surface area contributed by atoms with Gasteiger partial charge in [0.05, 0.1) is 18.7 Å². The third-order valence-electron chi connectivity index (χ3n) is 3.30. The maximum Gasteiger partial charge on any atom is 0.273 e. The Morgan fingerprint density at radius 3 is 2.31 bits per heavy atom. The highest BCUT2D eigenvalue weighted by Gasteiger charge is 2.12. The Balaban J connectivity index is 1.78. The molecule has 0 aliphatic carbocycles. The zero-order chi connectivity index (χ0) is 18.9. The van der Waals surface area contributed by atoms with Crippen molar-refractivity contribution < 1.29 is 24.2 Å². The SMILES string of the molecule is CCOc1ccc(C(=O)NCC(=O)NNC(=O)c2ccccc2O)cc1. The van der Waals surface area contributed by atoms with Crippen molar-refractivity contribution >= 4 is 17.7 Å². The van der Waals surface area contributed by atoms with Crippen LogP contribution in [0.2, 0.25) is 0 Å². The number of ether oxygens (including phenoxy) is 1. The third kappa shape index (κ3) is 5.23. The summed E-state index contributed by atoms with van der Waals surface area (Å²) in [4.78, 5) is 35.5. The van der Waals surface area contributed by atoms with E-state index >= 15 is 0 Å². The van der Waals surface area contributed by atoms with Gasteiger partial charge in [0.2, 0.25) is 0 Å². The molecule has 0 atom stereocenters. The van der Waals surface area contributed by atoms with E-state index in [1.54, 1.807) is 36.4 Å². The summed E-state index contributed by atoms with van der Waals surface area (Å²) >= 11 is 0. The second-order valence-corrected chi connectivity index (χ2v) is 5.16. The van der Waals surface area contributed by atoms with Crippen molar-refractivity contribution in [3.05, 3.63) is 59.7 Å². The van der Waals surface area contributed by atoms with Crippen molar-refractivity contribution in [2.24, 2.45) is 0 Å². The van der Waals surface area contributed by atoms with Crippen LogP contribution >= 0.6 is 0 Å². The molecule has 0 saturated carbocycles. The molecule has 2 aromatic carbocycles. The molecule has 8 nitrogen and oxygen atoms in total. The fourth-order valence-electron chi connectivity index (χ4n) is 2.04. The number of hydrazine groups is 1. The summed E-state index contributed by atoms with van der Waals surface area (Å²) in [6.07, 6.45) is 0.